The first kappa shape index (κ1) is 7.35. The summed E-state index contributed by atoms with van der Waals surface area (Å²) in [6, 6.07) is 5.83. The number of anilines is 1. The topological polar surface area (TPSA) is 29.1 Å². The number of hydrogen-bond donors (Lipinski definition) is 1. The molecule has 0 radical (unpaired) electrons. The molecule has 2 heteroatoms. The normalized spacial score (nSPS) is 15.2. The summed E-state index contributed by atoms with van der Waals surface area (Å²) in [7, 11) is 0. The number of hydrogen-bond acceptors (Lipinski definition) is 2. The second-order valence-corrected chi connectivity index (χ2v) is 3.10. The molecule has 0 saturated carbocycles. The van der Waals surface area contributed by atoms with Crippen LogP contribution in [0.3, 0.4) is 0 Å². The van der Waals surface area contributed by atoms with Gasteiger partial charge < -0.3 is 5.32 Å². The molecule has 1 N–H and O–H groups in total. The second kappa shape index (κ2) is 2.63. The number of carbonyl (C=O) groups is 1. The van der Waals surface area contributed by atoms with Gasteiger partial charge in [0.05, 0.1) is 0 Å². The SMILES string of the molecule is Cc1cccc2c1NCCC2=O. The Morgan fingerprint density at radius 2 is 2.25 bits per heavy atom. The van der Waals surface area contributed by atoms with Gasteiger partial charge in [0.15, 0.2) is 5.78 Å². The maximum Gasteiger partial charge on any atom is 0.166 e. The van der Waals surface area contributed by atoms with Gasteiger partial charge in [0, 0.05) is 24.2 Å². The Morgan fingerprint density at radius 1 is 1.42 bits per heavy atom. The van der Waals surface area contributed by atoms with Crippen LogP contribution in [0.2, 0.25) is 0 Å². The zero-order valence-electron chi connectivity index (χ0n) is 7.05. The van der Waals surface area contributed by atoms with E-state index in [4.69, 9.17) is 0 Å². The average molecular weight is 161 g/mol. The third kappa shape index (κ3) is 0.998. The van der Waals surface area contributed by atoms with Gasteiger partial charge in [0.2, 0.25) is 0 Å². The Hall–Kier alpha value is -1.31. The molecule has 0 atom stereocenters. The summed E-state index contributed by atoms with van der Waals surface area (Å²) < 4.78 is 0. The molecular weight excluding hydrogens is 150 g/mol. The number of ketones is 1. The van der Waals surface area contributed by atoms with Gasteiger partial charge in [-0.1, -0.05) is 12.1 Å². The standard InChI is InChI=1S/C10H11NO/c1-7-3-2-4-8-9(12)5-6-11-10(7)8/h2-4,11H,5-6H2,1H3. The van der Waals surface area contributed by atoms with Crippen LogP contribution < -0.4 is 5.32 Å². The minimum Gasteiger partial charge on any atom is -0.384 e. The molecule has 0 spiro atoms. The van der Waals surface area contributed by atoms with E-state index >= 15 is 0 Å². The summed E-state index contributed by atoms with van der Waals surface area (Å²) in [5, 5.41) is 3.24. The van der Waals surface area contributed by atoms with Crippen molar-refractivity contribution < 1.29 is 4.79 Å². The van der Waals surface area contributed by atoms with E-state index < -0.39 is 0 Å². The average Bonchev–Trinajstić information content (AvgIpc) is 2.07. The lowest BCUT2D eigenvalue weighted by Gasteiger charge is -2.18. The van der Waals surface area contributed by atoms with Gasteiger partial charge in [-0.15, -0.1) is 0 Å². The second-order valence-electron chi connectivity index (χ2n) is 3.10. The van der Waals surface area contributed by atoms with Crippen molar-refractivity contribution in [3.63, 3.8) is 0 Å². The maximum absolute atomic E-state index is 11.4. The molecule has 1 aromatic carbocycles. The van der Waals surface area contributed by atoms with E-state index in [0.29, 0.717) is 6.42 Å². The summed E-state index contributed by atoms with van der Waals surface area (Å²) in [5.41, 5.74) is 3.02. The number of aryl methyl sites for hydroxylation is 1. The summed E-state index contributed by atoms with van der Waals surface area (Å²) in [6.07, 6.45) is 0.621. The van der Waals surface area contributed by atoms with Crippen LogP contribution >= 0.6 is 0 Å². The Kier molecular flexibility index (Phi) is 1.61. The number of carbonyl (C=O) groups excluding carboxylic acids is 1. The minimum atomic E-state index is 0.257. The Balaban J connectivity index is 2.59. The van der Waals surface area contributed by atoms with Crippen molar-refractivity contribution >= 4 is 11.5 Å². The highest BCUT2D eigenvalue weighted by Gasteiger charge is 2.16. The van der Waals surface area contributed by atoms with Crippen LogP contribution in [0.15, 0.2) is 18.2 Å². The van der Waals surface area contributed by atoms with Crippen LogP contribution in [0.5, 0.6) is 0 Å². The van der Waals surface area contributed by atoms with E-state index in [1.54, 1.807) is 0 Å². The molecule has 2 nitrogen and oxygen atoms in total. The summed E-state index contributed by atoms with van der Waals surface area (Å²) in [6.45, 7) is 2.79. The Morgan fingerprint density at radius 3 is 3.00 bits per heavy atom. The van der Waals surface area contributed by atoms with E-state index in [1.165, 1.54) is 0 Å². The third-order valence-corrected chi connectivity index (χ3v) is 2.23. The molecule has 0 aromatic heterocycles. The number of fused-ring (bicyclic) bond motifs is 1. The molecule has 0 bridgehead atoms. The zero-order valence-corrected chi connectivity index (χ0v) is 7.05. The molecule has 1 aliphatic heterocycles. The molecule has 2 rings (SSSR count). The smallest absolute Gasteiger partial charge is 0.166 e. The number of rotatable bonds is 0. The largest absolute Gasteiger partial charge is 0.384 e. The first-order chi connectivity index (χ1) is 5.79. The van der Waals surface area contributed by atoms with Crippen LogP contribution in [-0.2, 0) is 0 Å². The molecular formula is C10H11NO. The fourth-order valence-electron chi connectivity index (χ4n) is 1.57. The number of Topliss-reactive ketones (excluding diaryl/α,β-unsaturated/α-hetero) is 1. The number of para-hydroxylation sites is 1. The van der Waals surface area contributed by atoms with Crippen LogP contribution in [-0.4, -0.2) is 12.3 Å². The van der Waals surface area contributed by atoms with Crippen molar-refractivity contribution in [3.05, 3.63) is 29.3 Å². The molecule has 1 aliphatic rings. The monoisotopic (exact) mass is 161 g/mol. The lowest BCUT2D eigenvalue weighted by Crippen LogP contribution is -2.18. The fraction of sp³-hybridized carbons (Fsp3) is 0.300. The van der Waals surface area contributed by atoms with Crippen LogP contribution in [0.25, 0.3) is 0 Å². The Labute approximate surface area is 71.6 Å². The van der Waals surface area contributed by atoms with Crippen molar-refractivity contribution in [2.45, 2.75) is 13.3 Å². The van der Waals surface area contributed by atoms with Crippen molar-refractivity contribution in [3.8, 4) is 0 Å². The minimum absolute atomic E-state index is 0.257. The van der Waals surface area contributed by atoms with E-state index in [-0.39, 0.29) is 5.78 Å². The molecule has 0 amide bonds. The molecule has 62 valence electrons. The highest BCUT2D eigenvalue weighted by Crippen LogP contribution is 2.24. The first-order valence-electron chi connectivity index (χ1n) is 4.16. The predicted molar refractivity (Wildman–Crippen MR) is 48.6 cm³/mol. The molecule has 0 fully saturated rings. The van der Waals surface area contributed by atoms with Gasteiger partial charge in [-0.3, -0.25) is 4.79 Å². The summed E-state index contributed by atoms with van der Waals surface area (Å²) in [5.74, 6) is 0.257. The van der Waals surface area contributed by atoms with Crippen LogP contribution in [0, 0.1) is 6.92 Å². The molecule has 0 unspecified atom stereocenters. The number of benzene rings is 1. The molecule has 0 saturated heterocycles. The zero-order chi connectivity index (χ0) is 8.55. The van der Waals surface area contributed by atoms with Gasteiger partial charge in [-0.2, -0.15) is 0 Å². The lowest BCUT2D eigenvalue weighted by atomic mass is 9.99. The molecule has 1 heterocycles. The highest BCUT2D eigenvalue weighted by molar-refractivity contribution is 6.03. The number of nitrogens with one attached hydrogen (secondary N) is 1. The maximum atomic E-state index is 11.4. The fourth-order valence-corrected chi connectivity index (χ4v) is 1.57. The van der Waals surface area contributed by atoms with E-state index in [0.717, 1.165) is 23.4 Å². The van der Waals surface area contributed by atoms with Gasteiger partial charge in [-0.05, 0) is 18.6 Å². The summed E-state index contributed by atoms with van der Waals surface area (Å²) >= 11 is 0. The Bertz CT molecular complexity index is 331. The predicted octanol–water partition coefficient (Wildman–Crippen LogP) is 1.99. The lowest BCUT2D eigenvalue weighted by molar-refractivity contribution is 0.0983. The molecule has 1 aromatic rings. The first-order valence-corrected chi connectivity index (χ1v) is 4.16. The molecule has 12 heavy (non-hydrogen) atoms. The highest BCUT2D eigenvalue weighted by atomic mass is 16.1. The third-order valence-electron chi connectivity index (χ3n) is 2.23. The molecule has 0 aliphatic carbocycles. The van der Waals surface area contributed by atoms with Crippen molar-refractivity contribution in [2.24, 2.45) is 0 Å². The van der Waals surface area contributed by atoms with Gasteiger partial charge in [-0.25, -0.2) is 0 Å². The van der Waals surface area contributed by atoms with E-state index in [2.05, 4.69) is 5.32 Å². The van der Waals surface area contributed by atoms with Crippen LogP contribution in [0.1, 0.15) is 22.3 Å². The van der Waals surface area contributed by atoms with Crippen molar-refractivity contribution in [2.75, 3.05) is 11.9 Å². The van der Waals surface area contributed by atoms with E-state index in [1.807, 2.05) is 25.1 Å². The summed E-state index contributed by atoms with van der Waals surface area (Å²) in [4.78, 5) is 11.4. The van der Waals surface area contributed by atoms with E-state index in [9.17, 15) is 4.79 Å². The van der Waals surface area contributed by atoms with Crippen molar-refractivity contribution in [1.29, 1.82) is 0 Å². The van der Waals surface area contributed by atoms with Gasteiger partial charge >= 0.3 is 0 Å². The van der Waals surface area contributed by atoms with Crippen LogP contribution in [0.4, 0.5) is 5.69 Å². The van der Waals surface area contributed by atoms with Crippen molar-refractivity contribution in [1.82, 2.24) is 0 Å². The van der Waals surface area contributed by atoms with Gasteiger partial charge in [0.1, 0.15) is 0 Å². The quantitative estimate of drug-likeness (QED) is 0.630. The van der Waals surface area contributed by atoms with Gasteiger partial charge in [0.25, 0.3) is 0 Å².